The lowest BCUT2D eigenvalue weighted by atomic mass is 10.1. The van der Waals surface area contributed by atoms with E-state index in [-0.39, 0.29) is 19.3 Å². The van der Waals surface area contributed by atoms with Crippen molar-refractivity contribution in [3.63, 3.8) is 0 Å². The van der Waals surface area contributed by atoms with E-state index in [0.717, 1.165) is 0 Å². The third-order valence-corrected chi connectivity index (χ3v) is 1.96. The SMILES string of the molecule is NC(=O)CC(N)C(=O)O.NC(CCCC(=O)O)C(=O)O. The summed E-state index contributed by atoms with van der Waals surface area (Å²) in [6.07, 6.45) is 0.181. The molecule has 0 rings (SSSR count). The molecular formula is C10H19N3O7. The van der Waals surface area contributed by atoms with Gasteiger partial charge in [0, 0.05) is 6.42 Å². The number of aliphatic carboxylic acids is 3. The van der Waals surface area contributed by atoms with Crippen LogP contribution in [-0.4, -0.2) is 51.2 Å². The summed E-state index contributed by atoms with van der Waals surface area (Å²) in [5, 5.41) is 24.5. The second-order valence-electron chi connectivity index (χ2n) is 3.85. The molecule has 10 heteroatoms. The van der Waals surface area contributed by atoms with Crippen LogP contribution in [0, 0.1) is 0 Å². The molecule has 0 aliphatic rings. The molecule has 116 valence electrons. The minimum atomic E-state index is -1.21. The smallest absolute Gasteiger partial charge is 0.321 e. The van der Waals surface area contributed by atoms with E-state index < -0.39 is 35.9 Å². The first-order valence-corrected chi connectivity index (χ1v) is 5.54. The van der Waals surface area contributed by atoms with Crippen LogP contribution in [-0.2, 0) is 19.2 Å². The van der Waals surface area contributed by atoms with E-state index in [9.17, 15) is 19.2 Å². The summed E-state index contributed by atoms with van der Waals surface area (Å²) in [5.74, 6) is -3.93. The summed E-state index contributed by atoms with van der Waals surface area (Å²) in [6.45, 7) is 0. The van der Waals surface area contributed by atoms with Crippen molar-refractivity contribution >= 4 is 23.8 Å². The zero-order chi connectivity index (χ0) is 16.3. The van der Waals surface area contributed by atoms with E-state index in [4.69, 9.17) is 26.8 Å². The molecule has 0 saturated heterocycles. The fourth-order valence-corrected chi connectivity index (χ4v) is 0.901. The van der Waals surface area contributed by atoms with E-state index in [2.05, 4.69) is 5.73 Å². The largest absolute Gasteiger partial charge is 0.481 e. The van der Waals surface area contributed by atoms with Crippen LogP contribution in [0.4, 0.5) is 0 Å². The molecule has 9 N–H and O–H groups in total. The van der Waals surface area contributed by atoms with E-state index in [1.807, 2.05) is 0 Å². The van der Waals surface area contributed by atoms with Gasteiger partial charge in [-0.2, -0.15) is 0 Å². The van der Waals surface area contributed by atoms with E-state index in [0.29, 0.717) is 6.42 Å². The Morgan fingerprint density at radius 1 is 0.900 bits per heavy atom. The molecule has 0 aliphatic carbocycles. The number of primary amides is 1. The van der Waals surface area contributed by atoms with Gasteiger partial charge in [0.05, 0.1) is 6.42 Å². The summed E-state index contributed by atoms with van der Waals surface area (Å²) < 4.78 is 0. The third-order valence-electron chi connectivity index (χ3n) is 1.96. The van der Waals surface area contributed by atoms with Gasteiger partial charge in [-0.3, -0.25) is 19.2 Å². The molecule has 0 spiro atoms. The minimum Gasteiger partial charge on any atom is -0.481 e. The molecule has 10 nitrogen and oxygen atoms in total. The molecule has 2 unspecified atom stereocenters. The van der Waals surface area contributed by atoms with Crippen molar-refractivity contribution in [2.24, 2.45) is 17.2 Å². The molecular weight excluding hydrogens is 274 g/mol. The van der Waals surface area contributed by atoms with Crippen LogP contribution in [0.1, 0.15) is 25.7 Å². The lowest BCUT2D eigenvalue weighted by Gasteiger charge is -2.02. The first-order valence-electron chi connectivity index (χ1n) is 5.54. The zero-order valence-corrected chi connectivity index (χ0v) is 10.7. The quantitative estimate of drug-likeness (QED) is 0.290. The lowest BCUT2D eigenvalue weighted by Crippen LogP contribution is -2.34. The van der Waals surface area contributed by atoms with Crippen LogP contribution in [0.5, 0.6) is 0 Å². The highest BCUT2D eigenvalue weighted by atomic mass is 16.4. The van der Waals surface area contributed by atoms with Crippen molar-refractivity contribution < 1.29 is 34.5 Å². The average molecular weight is 293 g/mol. The van der Waals surface area contributed by atoms with Crippen molar-refractivity contribution in [3.8, 4) is 0 Å². The predicted octanol–water partition coefficient (Wildman–Crippen LogP) is -2.07. The van der Waals surface area contributed by atoms with Gasteiger partial charge in [0.1, 0.15) is 12.1 Å². The fourth-order valence-electron chi connectivity index (χ4n) is 0.901. The summed E-state index contributed by atoms with van der Waals surface area (Å²) in [6, 6.07) is -2.10. The summed E-state index contributed by atoms with van der Waals surface area (Å²) >= 11 is 0. The molecule has 0 radical (unpaired) electrons. The van der Waals surface area contributed by atoms with Crippen molar-refractivity contribution in [2.75, 3.05) is 0 Å². The Kier molecular flexibility index (Phi) is 10.8. The lowest BCUT2D eigenvalue weighted by molar-refractivity contribution is -0.140. The highest BCUT2D eigenvalue weighted by Gasteiger charge is 2.13. The number of carbonyl (C=O) groups excluding carboxylic acids is 1. The molecule has 20 heavy (non-hydrogen) atoms. The number of hydrogen-bond acceptors (Lipinski definition) is 6. The minimum absolute atomic E-state index is 0.0268. The average Bonchev–Trinajstić information content (AvgIpc) is 2.27. The molecule has 0 aromatic rings. The van der Waals surface area contributed by atoms with Crippen LogP contribution in [0.2, 0.25) is 0 Å². The number of carbonyl (C=O) groups is 4. The standard InChI is InChI=1S/C6H11NO4.C4H8N2O3/c7-4(6(10)11)2-1-3-5(8)9;5-2(4(8)9)1-3(6)7/h4H,1-3,7H2,(H,8,9)(H,10,11);2H,1,5H2,(H2,6,7)(H,8,9). The summed E-state index contributed by atoms with van der Waals surface area (Å²) in [4.78, 5) is 40.0. The van der Waals surface area contributed by atoms with Crippen LogP contribution < -0.4 is 17.2 Å². The van der Waals surface area contributed by atoms with Gasteiger partial charge in [-0.05, 0) is 12.8 Å². The molecule has 0 heterocycles. The van der Waals surface area contributed by atoms with Gasteiger partial charge in [0.25, 0.3) is 0 Å². The van der Waals surface area contributed by atoms with E-state index >= 15 is 0 Å². The van der Waals surface area contributed by atoms with Crippen LogP contribution in [0.15, 0.2) is 0 Å². The van der Waals surface area contributed by atoms with Crippen LogP contribution >= 0.6 is 0 Å². The predicted molar refractivity (Wildman–Crippen MR) is 66.5 cm³/mol. The molecule has 0 aromatic heterocycles. The van der Waals surface area contributed by atoms with Crippen LogP contribution in [0.25, 0.3) is 0 Å². The van der Waals surface area contributed by atoms with Gasteiger partial charge < -0.3 is 32.5 Å². The number of carboxylic acid groups (broad SMARTS) is 3. The molecule has 0 saturated carbocycles. The maximum atomic E-state index is 10.1. The Bertz CT molecular complexity index is 359. The number of rotatable bonds is 8. The highest BCUT2D eigenvalue weighted by Crippen LogP contribution is 1.98. The van der Waals surface area contributed by atoms with Crippen molar-refractivity contribution in [1.29, 1.82) is 0 Å². The number of amides is 1. The molecule has 0 fully saturated rings. The molecule has 0 aromatic carbocycles. The maximum Gasteiger partial charge on any atom is 0.321 e. The maximum absolute atomic E-state index is 10.1. The molecule has 0 aliphatic heterocycles. The Labute approximate surface area is 114 Å². The normalized spacial score (nSPS) is 12.5. The van der Waals surface area contributed by atoms with Gasteiger partial charge >= 0.3 is 17.9 Å². The molecule has 1 amide bonds. The van der Waals surface area contributed by atoms with Crippen molar-refractivity contribution in [1.82, 2.24) is 0 Å². The molecule has 2 atom stereocenters. The van der Waals surface area contributed by atoms with Gasteiger partial charge in [0.2, 0.25) is 5.91 Å². The Balaban J connectivity index is 0. The van der Waals surface area contributed by atoms with E-state index in [1.165, 1.54) is 0 Å². The zero-order valence-electron chi connectivity index (χ0n) is 10.7. The van der Waals surface area contributed by atoms with Gasteiger partial charge in [-0.25, -0.2) is 0 Å². The number of nitrogens with two attached hydrogens (primary N) is 3. The second-order valence-corrected chi connectivity index (χ2v) is 3.85. The number of carboxylic acids is 3. The van der Waals surface area contributed by atoms with Gasteiger partial charge in [-0.15, -0.1) is 0 Å². The highest BCUT2D eigenvalue weighted by molar-refractivity contribution is 5.83. The topological polar surface area (TPSA) is 207 Å². The van der Waals surface area contributed by atoms with Crippen molar-refractivity contribution in [3.05, 3.63) is 0 Å². The Morgan fingerprint density at radius 2 is 1.35 bits per heavy atom. The fraction of sp³-hybridized carbons (Fsp3) is 0.600. The van der Waals surface area contributed by atoms with Gasteiger partial charge in [-0.1, -0.05) is 0 Å². The monoisotopic (exact) mass is 293 g/mol. The Hall–Kier alpha value is -2.20. The van der Waals surface area contributed by atoms with E-state index in [1.54, 1.807) is 0 Å². The molecule has 0 bridgehead atoms. The number of hydrogen-bond donors (Lipinski definition) is 6. The summed E-state index contributed by atoms with van der Waals surface area (Å²) in [5.41, 5.74) is 14.7. The van der Waals surface area contributed by atoms with Crippen molar-refractivity contribution in [2.45, 2.75) is 37.8 Å². The van der Waals surface area contributed by atoms with Gasteiger partial charge in [0.15, 0.2) is 0 Å². The second kappa shape index (κ2) is 10.7. The Morgan fingerprint density at radius 3 is 1.60 bits per heavy atom. The summed E-state index contributed by atoms with van der Waals surface area (Å²) in [7, 11) is 0. The first-order chi connectivity index (χ1) is 9.07. The van der Waals surface area contributed by atoms with Crippen LogP contribution in [0.3, 0.4) is 0 Å². The third kappa shape index (κ3) is 13.9. The first kappa shape index (κ1) is 20.1.